The van der Waals surface area contributed by atoms with Crippen LogP contribution in [0.4, 0.5) is 5.95 Å². The molecule has 0 atom stereocenters. The largest absolute Gasteiger partial charge is 0.351 e. The van der Waals surface area contributed by atoms with Crippen molar-refractivity contribution in [3.05, 3.63) is 54.7 Å². The van der Waals surface area contributed by atoms with Gasteiger partial charge in [-0.3, -0.25) is 4.79 Å². The number of carbonyl (C=O) groups excluding carboxylic acids is 1. The van der Waals surface area contributed by atoms with Crippen LogP contribution in [0, 0.1) is 0 Å². The van der Waals surface area contributed by atoms with Crippen molar-refractivity contribution in [2.24, 2.45) is 0 Å². The molecule has 24 heavy (non-hydrogen) atoms. The van der Waals surface area contributed by atoms with Crippen molar-refractivity contribution in [1.29, 1.82) is 0 Å². The SMILES string of the molecule is O=C(c1ccc2nccn2c1)N1CCC(Nc2ncccn2)CC1. The molecule has 0 radical (unpaired) electrons. The third-order valence-electron chi connectivity index (χ3n) is 4.32. The van der Waals surface area contributed by atoms with Crippen molar-refractivity contribution in [1.82, 2.24) is 24.3 Å². The van der Waals surface area contributed by atoms with E-state index in [0.717, 1.165) is 31.6 Å². The van der Waals surface area contributed by atoms with E-state index in [1.165, 1.54) is 0 Å². The Morgan fingerprint density at radius 3 is 2.67 bits per heavy atom. The van der Waals surface area contributed by atoms with Crippen LogP contribution in [-0.4, -0.2) is 49.3 Å². The maximum Gasteiger partial charge on any atom is 0.255 e. The van der Waals surface area contributed by atoms with Gasteiger partial charge in [0.2, 0.25) is 5.95 Å². The average molecular weight is 322 g/mol. The second-order valence-electron chi connectivity index (χ2n) is 5.89. The van der Waals surface area contributed by atoms with Crippen molar-refractivity contribution in [2.45, 2.75) is 18.9 Å². The highest BCUT2D eigenvalue weighted by molar-refractivity contribution is 5.94. The number of anilines is 1. The maximum atomic E-state index is 12.7. The van der Waals surface area contributed by atoms with Crippen molar-refractivity contribution < 1.29 is 4.79 Å². The number of pyridine rings is 1. The van der Waals surface area contributed by atoms with E-state index in [4.69, 9.17) is 0 Å². The molecule has 0 unspecified atom stereocenters. The molecule has 1 saturated heterocycles. The zero-order chi connectivity index (χ0) is 16.4. The van der Waals surface area contributed by atoms with Crippen LogP contribution >= 0.6 is 0 Å². The highest BCUT2D eigenvalue weighted by Crippen LogP contribution is 2.17. The van der Waals surface area contributed by atoms with Crippen molar-refractivity contribution in [3.63, 3.8) is 0 Å². The van der Waals surface area contributed by atoms with Gasteiger partial charge in [0.25, 0.3) is 5.91 Å². The van der Waals surface area contributed by atoms with Gasteiger partial charge in [-0.15, -0.1) is 0 Å². The van der Waals surface area contributed by atoms with E-state index in [-0.39, 0.29) is 5.91 Å². The third-order valence-corrected chi connectivity index (χ3v) is 4.32. The van der Waals surface area contributed by atoms with E-state index >= 15 is 0 Å². The number of carbonyl (C=O) groups is 1. The number of rotatable bonds is 3. The molecule has 3 aromatic rings. The molecule has 1 aliphatic rings. The second kappa shape index (κ2) is 6.27. The summed E-state index contributed by atoms with van der Waals surface area (Å²) >= 11 is 0. The highest BCUT2D eigenvalue weighted by Gasteiger charge is 2.24. The van der Waals surface area contributed by atoms with Gasteiger partial charge in [-0.2, -0.15) is 0 Å². The number of likely N-dealkylation sites (tertiary alicyclic amines) is 1. The molecule has 0 saturated carbocycles. The average Bonchev–Trinajstić information content (AvgIpc) is 3.10. The van der Waals surface area contributed by atoms with E-state index in [1.54, 1.807) is 24.7 Å². The van der Waals surface area contributed by atoms with E-state index in [9.17, 15) is 4.79 Å². The van der Waals surface area contributed by atoms with Crippen LogP contribution in [0.25, 0.3) is 5.65 Å². The molecule has 0 bridgehead atoms. The first kappa shape index (κ1) is 14.6. The van der Waals surface area contributed by atoms with E-state index in [0.29, 0.717) is 17.6 Å². The molecule has 4 heterocycles. The van der Waals surface area contributed by atoms with Crippen LogP contribution in [0.1, 0.15) is 23.2 Å². The van der Waals surface area contributed by atoms with E-state index < -0.39 is 0 Å². The van der Waals surface area contributed by atoms with Crippen LogP contribution in [-0.2, 0) is 0 Å². The van der Waals surface area contributed by atoms with Gasteiger partial charge in [0.1, 0.15) is 5.65 Å². The van der Waals surface area contributed by atoms with Crippen molar-refractivity contribution >= 4 is 17.5 Å². The number of nitrogens with one attached hydrogen (secondary N) is 1. The summed E-state index contributed by atoms with van der Waals surface area (Å²) in [6.07, 6.45) is 10.6. The zero-order valence-electron chi connectivity index (χ0n) is 13.2. The number of piperidine rings is 1. The molecule has 1 N–H and O–H groups in total. The summed E-state index contributed by atoms with van der Waals surface area (Å²) in [7, 11) is 0. The molecule has 4 rings (SSSR count). The number of nitrogens with zero attached hydrogens (tertiary/aromatic N) is 5. The molecule has 1 amide bonds. The molecule has 7 nitrogen and oxygen atoms in total. The summed E-state index contributed by atoms with van der Waals surface area (Å²) in [5, 5.41) is 3.33. The molecule has 7 heteroatoms. The number of fused-ring (bicyclic) bond motifs is 1. The van der Waals surface area contributed by atoms with Crippen LogP contribution in [0.5, 0.6) is 0 Å². The van der Waals surface area contributed by atoms with Gasteiger partial charge < -0.3 is 14.6 Å². The van der Waals surface area contributed by atoms with E-state index in [1.807, 2.05) is 33.8 Å². The summed E-state index contributed by atoms with van der Waals surface area (Å²) in [6.45, 7) is 1.45. The summed E-state index contributed by atoms with van der Waals surface area (Å²) < 4.78 is 1.87. The standard InChI is InChI=1S/C17H18N6O/c24-16(13-2-3-15-18-8-11-23(15)12-13)22-9-4-14(5-10-22)21-17-19-6-1-7-20-17/h1-3,6-8,11-12,14H,4-5,9-10H2,(H,19,20,21). The molecule has 0 aliphatic carbocycles. The van der Waals surface area contributed by atoms with Crippen LogP contribution in [0.3, 0.4) is 0 Å². The first-order valence-electron chi connectivity index (χ1n) is 8.05. The Hall–Kier alpha value is -2.96. The van der Waals surface area contributed by atoms with Gasteiger partial charge in [0.05, 0.1) is 5.56 Å². The summed E-state index contributed by atoms with van der Waals surface area (Å²) in [5.41, 5.74) is 1.54. The fourth-order valence-corrected chi connectivity index (χ4v) is 3.01. The molecule has 0 spiro atoms. The number of hydrogen-bond donors (Lipinski definition) is 1. The lowest BCUT2D eigenvalue weighted by Gasteiger charge is -2.32. The van der Waals surface area contributed by atoms with Gasteiger partial charge in [0, 0.05) is 50.1 Å². The summed E-state index contributed by atoms with van der Waals surface area (Å²) in [5.74, 6) is 0.716. The predicted octanol–water partition coefficient (Wildman–Crippen LogP) is 1.84. The summed E-state index contributed by atoms with van der Waals surface area (Å²) in [4.78, 5) is 27.2. The first-order valence-corrected chi connectivity index (χ1v) is 8.05. The van der Waals surface area contributed by atoms with Gasteiger partial charge in [-0.05, 0) is 31.0 Å². The predicted molar refractivity (Wildman–Crippen MR) is 89.8 cm³/mol. The van der Waals surface area contributed by atoms with Gasteiger partial charge in [-0.25, -0.2) is 15.0 Å². The molecule has 1 aliphatic heterocycles. The Morgan fingerprint density at radius 1 is 1.08 bits per heavy atom. The lowest BCUT2D eigenvalue weighted by atomic mass is 10.0. The molecule has 3 aromatic heterocycles. The molecule has 122 valence electrons. The topological polar surface area (TPSA) is 75.4 Å². The Bertz CT molecular complexity index is 838. The van der Waals surface area contributed by atoms with Crippen LogP contribution in [0.15, 0.2) is 49.2 Å². The minimum absolute atomic E-state index is 0.0695. The van der Waals surface area contributed by atoms with Crippen molar-refractivity contribution in [2.75, 3.05) is 18.4 Å². The zero-order valence-corrected chi connectivity index (χ0v) is 13.2. The highest BCUT2D eigenvalue weighted by atomic mass is 16.2. The smallest absolute Gasteiger partial charge is 0.255 e. The number of amides is 1. The number of aromatic nitrogens is 4. The fourth-order valence-electron chi connectivity index (χ4n) is 3.01. The van der Waals surface area contributed by atoms with Crippen molar-refractivity contribution in [3.8, 4) is 0 Å². The maximum absolute atomic E-state index is 12.7. The minimum Gasteiger partial charge on any atom is -0.351 e. The Morgan fingerprint density at radius 2 is 1.88 bits per heavy atom. The molecule has 0 aromatic carbocycles. The second-order valence-corrected chi connectivity index (χ2v) is 5.89. The minimum atomic E-state index is 0.0695. The van der Waals surface area contributed by atoms with Gasteiger partial charge in [0.15, 0.2) is 0 Å². The Kier molecular flexibility index (Phi) is 3.82. The third kappa shape index (κ3) is 2.92. The number of imidazole rings is 1. The first-order chi connectivity index (χ1) is 11.8. The van der Waals surface area contributed by atoms with Gasteiger partial charge in [-0.1, -0.05) is 0 Å². The Balaban J connectivity index is 1.39. The number of hydrogen-bond acceptors (Lipinski definition) is 5. The van der Waals surface area contributed by atoms with E-state index in [2.05, 4.69) is 20.3 Å². The molecular formula is C17H18N6O. The summed E-state index contributed by atoms with van der Waals surface area (Å²) in [6, 6.07) is 5.80. The van der Waals surface area contributed by atoms with Gasteiger partial charge >= 0.3 is 0 Å². The lowest BCUT2D eigenvalue weighted by Crippen LogP contribution is -2.42. The monoisotopic (exact) mass is 322 g/mol. The molecule has 1 fully saturated rings. The Labute approximate surface area is 139 Å². The quantitative estimate of drug-likeness (QED) is 0.796. The molecular weight excluding hydrogens is 304 g/mol. The van der Waals surface area contributed by atoms with Crippen LogP contribution in [0.2, 0.25) is 0 Å². The lowest BCUT2D eigenvalue weighted by molar-refractivity contribution is 0.0718. The van der Waals surface area contributed by atoms with Crippen LogP contribution < -0.4 is 5.32 Å². The fraction of sp³-hybridized carbons (Fsp3) is 0.294. The normalized spacial score (nSPS) is 15.6.